The summed E-state index contributed by atoms with van der Waals surface area (Å²) in [5.74, 6) is 2.29. The van der Waals surface area contributed by atoms with Crippen LogP contribution in [0.4, 0.5) is 5.82 Å². The van der Waals surface area contributed by atoms with Gasteiger partial charge < -0.3 is 18.9 Å². The molecule has 1 amide bonds. The molecule has 0 unspecified atom stereocenters. The first-order valence-corrected chi connectivity index (χ1v) is 11.2. The number of fused-ring (bicyclic) bond motifs is 1. The molecule has 1 saturated heterocycles. The Hall–Kier alpha value is -4.46. The molecule has 0 atom stereocenters. The molecule has 0 radical (unpaired) electrons. The van der Waals surface area contributed by atoms with Crippen molar-refractivity contribution in [2.75, 3.05) is 31.1 Å². The fourth-order valence-corrected chi connectivity index (χ4v) is 4.31. The number of hydrogen-bond donors (Lipinski definition) is 0. The third kappa shape index (κ3) is 3.69. The number of anilines is 1. The van der Waals surface area contributed by atoms with E-state index in [1.165, 1.54) is 0 Å². The van der Waals surface area contributed by atoms with E-state index < -0.39 is 0 Å². The van der Waals surface area contributed by atoms with Gasteiger partial charge in [-0.15, -0.1) is 10.2 Å². The molecule has 8 heteroatoms. The first kappa shape index (κ1) is 20.2. The molecule has 5 aromatic rings. The predicted molar refractivity (Wildman–Crippen MR) is 129 cm³/mol. The lowest BCUT2D eigenvalue weighted by Crippen LogP contribution is -2.49. The molecule has 8 nitrogen and oxygen atoms in total. The van der Waals surface area contributed by atoms with Crippen LogP contribution in [0.15, 0.2) is 89.7 Å². The van der Waals surface area contributed by atoms with Gasteiger partial charge in [-0.2, -0.15) is 0 Å². The summed E-state index contributed by atoms with van der Waals surface area (Å²) in [7, 11) is 0. The van der Waals surface area contributed by atoms with Gasteiger partial charge in [0.1, 0.15) is 5.52 Å². The zero-order chi connectivity index (χ0) is 22.9. The zero-order valence-corrected chi connectivity index (χ0v) is 18.4. The molecule has 1 aliphatic rings. The van der Waals surface area contributed by atoms with Crippen molar-refractivity contribution in [2.24, 2.45) is 0 Å². The van der Waals surface area contributed by atoms with Gasteiger partial charge in [0.05, 0.1) is 5.39 Å². The number of hydrogen-bond acceptors (Lipinski definition) is 6. The molecular weight excluding hydrogens is 428 g/mol. The monoisotopic (exact) mass is 450 g/mol. The fraction of sp³-hybridized carbons (Fsp3) is 0.154. The van der Waals surface area contributed by atoms with Crippen molar-refractivity contribution in [1.82, 2.24) is 24.8 Å². The lowest BCUT2D eigenvalue weighted by atomic mass is 10.1. The van der Waals surface area contributed by atoms with E-state index in [1.807, 2.05) is 94.7 Å². The smallest absolute Gasteiger partial charge is 0.254 e. The third-order valence-corrected chi connectivity index (χ3v) is 6.16. The minimum absolute atomic E-state index is 0.0100. The summed E-state index contributed by atoms with van der Waals surface area (Å²) in [4.78, 5) is 17.3. The van der Waals surface area contributed by atoms with Crippen molar-refractivity contribution < 1.29 is 9.32 Å². The molecule has 34 heavy (non-hydrogen) atoms. The average molecular weight is 451 g/mol. The first-order valence-electron chi connectivity index (χ1n) is 11.2. The molecule has 1 aliphatic heterocycles. The van der Waals surface area contributed by atoms with Crippen LogP contribution in [0.1, 0.15) is 10.4 Å². The standard InChI is InChI=1S/C26H22N6O2/c33-26(20-8-9-22-21(18-20)25(34-29-22)19-6-2-1-3-7-19)32-16-14-31(15-17-32)24-11-10-23(27-28-24)30-12-4-5-13-30/h1-13,18H,14-17H2. The number of carbonyl (C=O) groups is 1. The van der Waals surface area contributed by atoms with Gasteiger partial charge in [0, 0.05) is 49.7 Å². The van der Waals surface area contributed by atoms with Crippen molar-refractivity contribution in [3.63, 3.8) is 0 Å². The number of benzene rings is 2. The number of carbonyl (C=O) groups excluding carboxylic acids is 1. The number of rotatable bonds is 4. The molecule has 0 saturated carbocycles. The number of piperazine rings is 1. The van der Waals surface area contributed by atoms with Crippen molar-refractivity contribution in [2.45, 2.75) is 0 Å². The van der Waals surface area contributed by atoms with Gasteiger partial charge in [-0.1, -0.05) is 35.5 Å². The van der Waals surface area contributed by atoms with E-state index >= 15 is 0 Å². The van der Waals surface area contributed by atoms with Crippen LogP contribution in [0.25, 0.3) is 28.0 Å². The van der Waals surface area contributed by atoms with Crippen molar-refractivity contribution in [3.8, 4) is 17.1 Å². The maximum atomic E-state index is 13.3. The van der Waals surface area contributed by atoms with Crippen molar-refractivity contribution >= 4 is 22.6 Å². The van der Waals surface area contributed by atoms with Crippen LogP contribution in [0.2, 0.25) is 0 Å². The predicted octanol–water partition coefficient (Wildman–Crippen LogP) is 4.04. The summed E-state index contributed by atoms with van der Waals surface area (Å²) >= 11 is 0. The molecule has 0 bridgehead atoms. The van der Waals surface area contributed by atoms with E-state index in [0.29, 0.717) is 37.5 Å². The van der Waals surface area contributed by atoms with Crippen LogP contribution >= 0.6 is 0 Å². The molecular formula is C26H22N6O2. The summed E-state index contributed by atoms with van der Waals surface area (Å²) in [6.07, 6.45) is 3.88. The minimum Gasteiger partial charge on any atom is -0.355 e. The summed E-state index contributed by atoms with van der Waals surface area (Å²) in [6, 6.07) is 23.2. The highest BCUT2D eigenvalue weighted by Gasteiger charge is 2.24. The molecule has 168 valence electrons. The van der Waals surface area contributed by atoms with Gasteiger partial charge in [0.25, 0.3) is 5.91 Å². The van der Waals surface area contributed by atoms with E-state index in [-0.39, 0.29) is 5.91 Å². The van der Waals surface area contributed by atoms with Gasteiger partial charge in [-0.05, 0) is 42.5 Å². The number of amides is 1. The number of aromatic nitrogens is 4. The Kier molecular flexibility index (Phi) is 5.03. The van der Waals surface area contributed by atoms with E-state index in [2.05, 4.69) is 20.3 Å². The second kappa shape index (κ2) is 8.47. The average Bonchev–Trinajstić information content (AvgIpc) is 3.59. The molecule has 0 spiro atoms. The van der Waals surface area contributed by atoms with Gasteiger partial charge in [-0.3, -0.25) is 4.79 Å². The molecule has 1 fully saturated rings. The summed E-state index contributed by atoms with van der Waals surface area (Å²) < 4.78 is 7.50. The first-order chi connectivity index (χ1) is 16.8. The second-order valence-corrected chi connectivity index (χ2v) is 8.23. The second-order valence-electron chi connectivity index (χ2n) is 8.23. The highest BCUT2D eigenvalue weighted by Crippen LogP contribution is 2.29. The van der Waals surface area contributed by atoms with Gasteiger partial charge in [0.15, 0.2) is 17.4 Å². The highest BCUT2D eigenvalue weighted by atomic mass is 16.5. The maximum absolute atomic E-state index is 13.3. The van der Waals surface area contributed by atoms with Crippen LogP contribution in [0, 0.1) is 0 Å². The van der Waals surface area contributed by atoms with Crippen molar-refractivity contribution in [3.05, 3.63) is 90.8 Å². The molecule has 4 heterocycles. The summed E-state index contributed by atoms with van der Waals surface area (Å²) in [5.41, 5.74) is 2.31. The molecule has 2 aromatic carbocycles. The van der Waals surface area contributed by atoms with Crippen LogP contribution in [-0.4, -0.2) is 56.9 Å². The SMILES string of the molecule is O=C(c1ccc2noc(-c3ccccc3)c2c1)N1CCN(c2ccc(-n3cccc3)nn2)CC1. The number of nitrogens with zero attached hydrogens (tertiary/aromatic N) is 6. The van der Waals surface area contributed by atoms with E-state index in [4.69, 9.17) is 4.52 Å². The molecule has 0 aliphatic carbocycles. The van der Waals surface area contributed by atoms with Crippen LogP contribution in [-0.2, 0) is 0 Å². The van der Waals surface area contributed by atoms with E-state index in [9.17, 15) is 4.79 Å². The summed E-state index contributed by atoms with van der Waals surface area (Å²) in [6.45, 7) is 2.64. The van der Waals surface area contributed by atoms with Gasteiger partial charge in [0.2, 0.25) is 0 Å². The lowest BCUT2D eigenvalue weighted by molar-refractivity contribution is 0.0746. The quantitative estimate of drug-likeness (QED) is 0.411. The van der Waals surface area contributed by atoms with Crippen molar-refractivity contribution in [1.29, 1.82) is 0 Å². The molecule has 6 rings (SSSR count). The Bertz CT molecular complexity index is 1420. The van der Waals surface area contributed by atoms with E-state index in [0.717, 1.165) is 28.1 Å². The normalized spacial score (nSPS) is 14.0. The van der Waals surface area contributed by atoms with Crippen LogP contribution < -0.4 is 4.90 Å². The Morgan fingerprint density at radius 1 is 0.794 bits per heavy atom. The fourth-order valence-electron chi connectivity index (χ4n) is 4.31. The maximum Gasteiger partial charge on any atom is 0.254 e. The molecule has 3 aromatic heterocycles. The van der Waals surface area contributed by atoms with Crippen LogP contribution in [0.3, 0.4) is 0 Å². The van der Waals surface area contributed by atoms with Gasteiger partial charge in [-0.25, -0.2) is 0 Å². The van der Waals surface area contributed by atoms with E-state index in [1.54, 1.807) is 0 Å². The summed E-state index contributed by atoms with van der Waals surface area (Å²) in [5, 5.41) is 13.7. The third-order valence-electron chi connectivity index (χ3n) is 6.16. The highest BCUT2D eigenvalue weighted by molar-refractivity contribution is 6.01. The Labute approximate surface area is 196 Å². The zero-order valence-electron chi connectivity index (χ0n) is 18.4. The Morgan fingerprint density at radius 2 is 1.53 bits per heavy atom. The lowest BCUT2D eigenvalue weighted by Gasteiger charge is -2.35. The molecule has 0 N–H and O–H groups in total. The largest absolute Gasteiger partial charge is 0.355 e. The Balaban J connectivity index is 1.16. The van der Waals surface area contributed by atoms with Crippen LogP contribution in [0.5, 0.6) is 0 Å². The van der Waals surface area contributed by atoms with Gasteiger partial charge >= 0.3 is 0 Å². The topological polar surface area (TPSA) is 80.3 Å². The minimum atomic E-state index is 0.0100. The Morgan fingerprint density at radius 3 is 2.26 bits per heavy atom.